The minimum absolute atomic E-state index is 0.0521. The molecule has 0 spiro atoms. The highest BCUT2D eigenvalue weighted by Crippen LogP contribution is 2.30. The maximum absolute atomic E-state index is 12.7. The number of ketones is 1. The van der Waals surface area contributed by atoms with Crippen molar-refractivity contribution in [1.29, 1.82) is 0 Å². The first kappa shape index (κ1) is 24.3. The van der Waals surface area contributed by atoms with Crippen LogP contribution in [0.5, 0.6) is 0 Å². The SMILES string of the molecule is CC[C@H](c1nnc(SCc2nc3sc(C(C)=O)c(C)c3c(=O)[nH]2)n1Cc1ccccc1)N(C)C. The summed E-state index contributed by atoms with van der Waals surface area (Å²) in [5.74, 6) is 1.84. The first-order valence-corrected chi connectivity index (χ1v) is 12.9. The van der Waals surface area contributed by atoms with E-state index in [1.165, 1.54) is 30.0 Å². The Morgan fingerprint density at radius 1 is 1.24 bits per heavy atom. The fourth-order valence-corrected chi connectivity index (χ4v) is 5.98. The zero-order valence-electron chi connectivity index (χ0n) is 20.0. The number of thioether (sulfide) groups is 1. The Balaban J connectivity index is 1.66. The number of benzene rings is 1. The number of fused-ring (bicyclic) bond motifs is 1. The molecule has 0 radical (unpaired) electrons. The lowest BCUT2D eigenvalue weighted by Crippen LogP contribution is -2.23. The normalized spacial score (nSPS) is 12.5. The van der Waals surface area contributed by atoms with Gasteiger partial charge in [-0.2, -0.15) is 0 Å². The molecule has 0 amide bonds. The Morgan fingerprint density at radius 2 is 1.97 bits per heavy atom. The Hall–Kier alpha value is -2.82. The molecular formula is C24H28N6O2S2. The molecule has 10 heteroatoms. The standard InChI is InChI=1S/C24H28N6O2S2/c1-6-17(29(4)5)21-27-28-24(30(21)12-16-10-8-7-9-11-16)33-13-18-25-22(32)19-14(2)20(15(3)31)34-23(19)26-18/h7-11,17H,6,12-13H2,1-5H3,(H,25,26,32)/t17-/m1/s1. The Bertz CT molecular complexity index is 1370. The van der Waals surface area contributed by atoms with E-state index in [2.05, 4.69) is 48.7 Å². The van der Waals surface area contributed by atoms with E-state index in [4.69, 9.17) is 0 Å². The Kier molecular flexibility index (Phi) is 7.30. The molecule has 0 fully saturated rings. The molecule has 1 N–H and O–H groups in total. The summed E-state index contributed by atoms with van der Waals surface area (Å²) < 4.78 is 2.15. The highest BCUT2D eigenvalue weighted by Gasteiger charge is 2.23. The molecule has 34 heavy (non-hydrogen) atoms. The molecule has 0 saturated heterocycles. The van der Waals surface area contributed by atoms with Gasteiger partial charge in [0.2, 0.25) is 0 Å². The van der Waals surface area contributed by atoms with Crippen LogP contribution in [0.3, 0.4) is 0 Å². The van der Waals surface area contributed by atoms with Crippen LogP contribution < -0.4 is 5.56 Å². The molecule has 8 nitrogen and oxygen atoms in total. The molecule has 3 heterocycles. The third-order valence-corrected chi connectivity index (χ3v) is 8.01. The fraction of sp³-hybridized carbons (Fsp3) is 0.375. The molecule has 0 unspecified atom stereocenters. The zero-order valence-corrected chi connectivity index (χ0v) is 21.6. The summed E-state index contributed by atoms with van der Waals surface area (Å²) in [7, 11) is 4.09. The molecule has 178 valence electrons. The maximum Gasteiger partial charge on any atom is 0.259 e. The summed E-state index contributed by atoms with van der Waals surface area (Å²) in [6.45, 7) is 6.10. The van der Waals surface area contributed by atoms with Crippen molar-refractivity contribution < 1.29 is 4.79 Å². The van der Waals surface area contributed by atoms with Crippen LogP contribution in [-0.2, 0) is 12.3 Å². The van der Waals surface area contributed by atoms with Crippen molar-refractivity contribution in [2.45, 2.75) is 50.7 Å². The lowest BCUT2D eigenvalue weighted by molar-refractivity contribution is 0.102. The minimum atomic E-state index is -0.216. The molecular weight excluding hydrogens is 468 g/mol. The largest absolute Gasteiger partial charge is 0.309 e. The molecule has 0 aliphatic carbocycles. The average Bonchev–Trinajstić information content (AvgIpc) is 3.34. The number of aromatic nitrogens is 5. The van der Waals surface area contributed by atoms with Gasteiger partial charge >= 0.3 is 0 Å². The first-order valence-electron chi connectivity index (χ1n) is 11.1. The number of Topliss-reactive ketones (excluding diaryl/α,β-unsaturated/α-hetero) is 1. The topological polar surface area (TPSA) is 96.8 Å². The number of hydrogen-bond acceptors (Lipinski definition) is 8. The third kappa shape index (κ3) is 4.84. The van der Waals surface area contributed by atoms with Gasteiger partial charge in [-0.1, -0.05) is 49.0 Å². The molecule has 0 bridgehead atoms. The van der Waals surface area contributed by atoms with E-state index < -0.39 is 0 Å². The minimum Gasteiger partial charge on any atom is -0.309 e. The molecule has 0 aliphatic rings. The summed E-state index contributed by atoms with van der Waals surface area (Å²) in [6.07, 6.45) is 0.909. The Labute approximate surface area is 206 Å². The fourth-order valence-electron chi connectivity index (χ4n) is 4.07. The summed E-state index contributed by atoms with van der Waals surface area (Å²) >= 11 is 2.76. The number of nitrogens with zero attached hydrogens (tertiary/aromatic N) is 5. The quantitative estimate of drug-likeness (QED) is 0.270. The smallest absolute Gasteiger partial charge is 0.259 e. The number of carbonyl (C=O) groups is 1. The average molecular weight is 497 g/mol. The highest BCUT2D eigenvalue weighted by atomic mass is 32.2. The monoisotopic (exact) mass is 496 g/mol. The highest BCUT2D eigenvalue weighted by molar-refractivity contribution is 7.98. The summed E-state index contributed by atoms with van der Waals surface area (Å²) in [4.78, 5) is 35.5. The van der Waals surface area contributed by atoms with Gasteiger partial charge in [0.05, 0.1) is 28.6 Å². The second kappa shape index (κ2) is 10.2. The van der Waals surface area contributed by atoms with Crippen LogP contribution in [-0.4, -0.2) is 49.5 Å². The number of carbonyl (C=O) groups excluding carboxylic acids is 1. The van der Waals surface area contributed by atoms with Crippen molar-refractivity contribution in [2.75, 3.05) is 14.1 Å². The lowest BCUT2D eigenvalue weighted by Gasteiger charge is -2.23. The molecule has 0 saturated carbocycles. The van der Waals surface area contributed by atoms with Crippen LogP contribution in [0.2, 0.25) is 0 Å². The van der Waals surface area contributed by atoms with Crippen LogP contribution in [0.4, 0.5) is 0 Å². The van der Waals surface area contributed by atoms with Crippen molar-refractivity contribution in [3.05, 3.63) is 68.3 Å². The van der Waals surface area contributed by atoms with Crippen LogP contribution in [0, 0.1) is 6.92 Å². The Morgan fingerprint density at radius 3 is 2.62 bits per heavy atom. The van der Waals surface area contributed by atoms with Crippen molar-refractivity contribution in [2.24, 2.45) is 0 Å². The number of hydrogen-bond donors (Lipinski definition) is 1. The van der Waals surface area contributed by atoms with Crippen LogP contribution in [0.25, 0.3) is 10.2 Å². The summed E-state index contributed by atoms with van der Waals surface area (Å²) in [6, 6.07) is 10.4. The van der Waals surface area contributed by atoms with Crippen LogP contribution >= 0.6 is 23.1 Å². The number of aryl methyl sites for hydroxylation is 1. The molecule has 4 aromatic rings. The van der Waals surface area contributed by atoms with Gasteiger partial charge in [-0.05, 0) is 45.5 Å². The maximum atomic E-state index is 12.7. The molecule has 3 aromatic heterocycles. The summed E-state index contributed by atoms with van der Waals surface area (Å²) in [5, 5.41) is 10.3. The van der Waals surface area contributed by atoms with Crippen LogP contribution in [0.15, 0.2) is 40.3 Å². The van der Waals surface area contributed by atoms with Gasteiger partial charge in [-0.3, -0.25) is 14.5 Å². The van der Waals surface area contributed by atoms with E-state index in [0.29, 0.717) is 38.8 Å². The molecule has 0 aliphatic heterocycles. The molecule has 1 aromatic carbocycles. The van der Waals surface area contributed by atoms with E-state index in [1.54, 1.807) is 6.92 Å². The zero-order chi connectivity index (χ0) is 24.4. The van der Waals surface area contributed by atoms with E-state index in [-0.39, 0.29) is 17.4 Å². The van der Waals surface area contributed by atoms with Crippen molar-refractivity contribution in [3.63, 3.8) is 0 Å². The predicted octanol–water partition coefficient (Wildman–Crippen LogP) is 4.44. The number of H-pyrrole nitrogens is 1. The lowest BCUT2D eigenvalue weighted by atomic mass is 10.2. The number of rotatable bonds is 9. The van der Waals surface area contributed by atoms with Crippen LogP contribution in [0.1, 0.15) is 58.8 Å². The number of thiophene rings is 1. The van der Waals surface area contributed by atoms with E-state index in [1.807, 2.05) is 32.3 Å². The molecule has 4 rings (SSSR count). The number of nitrogens with one attached hydrogen (secondary N) is 1. The second-order valence-corrected chi connectivity index (χ2v) is 10.3. The second-order valence-electron chi connectivity index (χ2n) is 8.39. The first-order chi connectivity index (χ1) is 16.3. The van der Waals surface area contributed by atoms with Gasteiger partial charge < -0.3 is 9.55 Å². The predicted molar refractivity (Wildman–Crippen MR) is 137 cm³/mol. The van der Waals surface area contributed by atoms with Gasteiger partial charge in [0.15, 0.2) is 16.8 Å². The third-order valence-electron chi connectivity index (χ3n) is 5.74. The van der Waals surface area contributed by atoms with Gasteiger partial charge in [-0.15, -0.1) is 21.5 Å². The van der Waals surface area contributed by atoms with Crippen molar-refractivity contribution in [3.8, 4) is 0 Å². The molecule has 1 atom stereocenters. The summed E-state index contributed by atoms with van der Waals surface area (Å²) in [5.41, 5.74) is 1.65. The van der Waals surface area contributed by atoms with Crippen molar-refractivity contribution in [1.82, 2.24) is 29.6 Å². The van der Waals surface area contributed by atoms with Gasteiger partial charge in [0.25, 0.3) is 5.56 Å². The van der Waals surface area contributed by atoms with E-state index in [9.17, 15) is 9.59 Å². The number of aromatic amines is 1. The van der Waals surface area contributed by atoms with Gasteiger partial charge in [0.1, 0.15) is 10.7 Å². The van der Waals surface area contributed by atoms with Crippen molar-refractivity contribution >= 4 is 39.1 Å². The van der Waals surface area contributed by atoms with Gasteiger partial charge in [0, 0.05) is 0 Å². The van der Waals surface area contributed by atoms with E-state index >= 15 is 0 Å². The van der Waals surface area contributed by atoms with Gasteiger partial charge in [-0.25, -0.2) is 4.98 Å². The van der Waals surface area contributed by atoms with E-state index in [0.717, 1.165) is 23.0 Å².